The summed E-state index contributed by atoms with van der Waals surface area (Å²) < 4.78 is 0. The SMILES string of the molecule is CC(C)(C)C(=O)Nc1ccc2c3c(c(=O)[nH]c2c1)CCC3. The Kier molecular flexibility index (Phi) is 3.12. The molecule has 2 N–H and O–H groups in total. The van der Waals surface area contributed by atoms with Gasteiger partial charge in [0.05, 0.1) is 5.52 Å². The largest absolute Gasteiger partial charge is 0.326 e. The average molecular weight is 284 g/mol. The number of carbonyl (C=O) groups excluding carboxylic acids is 1. The van der Waals surface area contributed by atoms with Gasteiger partial charge in [0.1, 0.15) is 0 Å². The van der Waals surface area contributed by atoms with E-state index in [2.05, 4.69) is 10.3 Å². The number of aryl methyl sites for hydroxylation is 1. The number of nitrogens with one attached hydrogen (secondary N) is 2. The van der Waals surface area contributed by atoms with Crippen LogP contribution < -0.4 is 10.9 Å². The number of rotatable bonds is 1. The third-order valence-electron chi connectivity index (χ3n) is 4.02. The first kappa shape index (κ1) is 13.9. The zero-order valence-corrected chi connectivity index (χ0v) is 12.7. The lowest BCUT2D eigenvalue weighted by molar-refractivity contribution is -0.123. The molecular formula is C17H20N2O2. The third kappa shape index (κ3) is 2.46. The molecule has 1 aromatic carbocycles. The second-order valence-corrected chi connectivity index (χ2v) is 6.73. The van der Waals surface area contributed by atoms with Crippen molar-refractivity contribution in [3.63, 3.8) is 0 Å². The van der Waals surface area contributed by atoms with E-state index in [0.29, 0.717) is 0 Å². The van der Waals surface area contributed by atoms with Crippen molar-refractivity contribution in [1.29, 1.82) is 0 Å². The molecule has 0 aliphatic heterocycles. The number of carbonyl (C=O) groups is 1. The maximum Gasteiger partial charge on any atom is 0.251 e. The van der Waals surface area contributed by atoms with Gasteiger partial charge in [0.2, 0.25) is 5.91 Å². The molecule has 2 aromatic rings. The van der Waals surface area contributed by atoms with E-state index < -0.39 is 5.41 Å². The van der Waals surface area contributed by atoms with Gasteiger partial charge >= 0.3 is 0 Å². The number of hydrogen-bond donors (Lipinski definition) is 2. The molecule has 0 unspecified atom stereocenters. The summed E-state index contributed by atoms with van der Waals surface area (Å²) in [4.78, 5) is 27.1. The van der Waals surface area contributed by atoms with Crippen molar-refractivity contribution in [2.75, 3.05) is 5.32 Å². The maximum absolute atomic E-state index is 12.1. The predicted octanol–water partition coefficient (Wildman–Crippen LogP) is 3.00. The van der Waals surface area contributed by atoms with Crippen molar-refractivity contribution in [3.05, 3.63) is 39.7 Å². The van der Waals surface area contributed by atoms with Crippen molar-refractivity contribution < 1.29 is 4.79 Å². The summed E-state index contributed by atoms with van der Waals surface area (Å²) in [6.45, 7) is 5.62. The maximum atomic E-state index is 12.1. The van der Waals surface area contributed by atoms with E-state index in [1.165, 1.54) is 5.56 Å². The van der Waals surface area contributed by atoms with E-state index in [-0.39, 0.29) is 11.5 Å². The normalized spacial score (nSPS) is 14.2. The van der Waals surface area contributed by atoms with Crippen molar-refractivity contribution in [1.82, 2.24) is 4.98 Å². The van der Waals surface area contributed by atoms with Gasteiger partial charge in [-0.3, -0.25) is 9.59 Å². The average Bonchev–Trinajstić information content (AvgIpc) is 2.87. The molecule has 1 amide bonds. The van der Waals surface area contributed by atoms with Crippen LogP contribution in [0.3, 0.4) is 0 Å². The van der Waals surface area contributed by atoms with Gasteiger partial charge in [-0.05, 0) is 37.0 Å². The molecular weight excluding hydrogens is 264 g/mol. The lowest BCUT2D eigenvalue weighted by atomic mass is 9.95. The lowest BCUT2D eigenvalue weighted by Gasteiger charge is -2.18. The molecule has 1 aliphatic rings. The zero-order valence-electron chi connectivity index (χ0n) is 12.7. The van der Waals surface area contributed by atoms with Gasteiger partial charge in [0.15, 0.2) is 0 Å². The second-order valence-electron chi connectivity index (χ2n) is 6.73. The Morgan fingerprint density at radius 3 is 2.62 bits per heavy atom. The number of aromatic nitrogens is 1. The summed E-state index contributed by atoms with van der Waals surface area (Å²) in [5.74, 6) is -0.0367. The number of pyridine rings is 1. The number of hydrogen-bond acceptors (Lipinski definition) is 2. The van der Waals surface area contributed by atoms with Crippen LogP contribution in [0.1, 0.15) is 38.3 Å². The minimum atomic E-state index is -0.444. The number of aromatic amines is 1. The molecule has 1 heterocycles. The smallest absolute Gasteiger partial charge is 0.251 e. The molecule has 4 nitrogen and oxygen atoms in total. The van der Waals surface area contributed by atoms with Crippen molar-refractivity contribution in [2.24, 2.45) is 5.41 Å². The molecule has 1 aliphatic carbocycles. The first-order valence-electron chi connectivity index (χ1n) is 7.35. The molecule has 0 radical (unpaired) electrons. The highest BCUT2D eigenvalue weighted by atomic mass is 16.2. The Bertz CT molecular complexity index is 782. The van der Waals surface area contributed by atoms with E-state index in [4.69, 9.17) is 0 Å². The summed E-state index contributed by atoms with van der Waals surface area (Å²) >= 11 is 0. The minimum Gasteiger partial charge on any atom is -0.326 e. The number of fused-ring (bicyclic) bond motifs is 3. The van der Waals surface area contributed by atoms with Gasteiger partial charge in [-0.25, -0.2) is 0 Å². The Labute approximate surface area is 123 Å². The lowest BCUT2D eigenvalue weighted by Crippen LogP contribution is -2.27. The van der Waals surface area contributed by atoms with Crippen LogP contribution in [0.5, 0.6) is 0 Å². The van der Waals surface area contributed by atoms with E-state index >= 15 is 0 Å². The standard InChI is InChI=1S/C17H20N2O2/c1-17(2,3)16(21)18-10-7-8-12-11-5-4-6-13(11)15(20)19-14(12)9-10/h7-9H,4-6H2,1-3H3,(H,18,21)(H,19,20). The Morgan fingerprint density at radius 2 is 1.90 bits per heavy atom. The molecule has 0 saturated heterocycles. The molecule has 0 saturated carbocycles. The fourth-order valence-corrected chi connectivity index (χ4v) is 2.80. The van der Waals surface area contributed by atoms with Gasteiger partial charge < -0.3 is 10.3 Å². The highest BCUT2D eigenvalue weighted by Gasteiger charge is 2.22. The highest BCUT2D eigenvalue weighted by molar-refractivity contribution is 5.97. The van der Waals surface area contributed by atoms with Gasteiger partial charge in [-0.2, -0.15) is 0 Å². The van der Waals surface area contributed by atoms with Gasteiger partial charge in [-0.15, -0.1) is 0 Å². The van der Waals surface area contributed by atoms with E-state index in [0.717, 1.165) is 41.4 Å². The Morgan fingerprint density at radius 1 is 1.19 bits per heavy atom. The van der Waals surface area contributed by atoms with Crippen LogP contribution >= 0.6 is 0 Å². The van der Waals surface area contributed by atoms with Gasteiger partial charge in [-0.1, -0.05) is 26.8 Å². The predicted molar refractivity (Wildman–Crippen MR) is 84.7 cm³/mol. The minimum absolute atomic E-state index is 0.00861. The first-order chi connectivity index (χ1) is 9.86. The van der Waals surface area contributed by atoms with Crippen LogP contribution in [0.2, 0.25) is 0 Å². The number of anilines is 1. The Hall–Kier alpha value is -2.10. The summed E-state index contributed by atoms with van der Waals surface area (Å²) in [6, 6.07) is 5.75. The van der Waals surface area contributed by atoms with Crippen molar-refractivity contribution in [3.8, 4) is 0 Å². The summed E-state index contributed by atoms with van der Waals surface area (Å²) in [7, 11) is 0. The molecule has 0 spiro atoms. The third-order valence-corrected chi connectivity index (χ3v) is 4.02. The number of H-pyrrole nitrogens is 1. The summed E-state index contributed by atoms with van der Waals surface area (Å²) in [5, 5.41) is 3.99. The van der Waals surface area contributed by atoms with Crippen LogP contribution in [-0.2, 0) is 17.6 Å². The van der Waals surface area contributed by atoms with E-state index in [1.807, 2.05) is 39.0 Å². The van der Waals surface area contributed by atoms with Gasteiger partial charge in [0, 0.05) is 22.1 Å². The first-order valence-corrected chi connectivity index (χ1v) is 7.35. The molecule has 1 aromatic heterocycles. The van der Waals surface area contributed by atoms with Crippen LogP contribution in [0, 0.1) is 5.41 Å². The topological polar surface area (TPSA) is 62.0 Å². The molecule has 21 heavy (non-hydrogen) atoms. The summed E-state index contributed by atoms with van der Waals surface area (Å²) in [5.41, 5.74) is 3.18. The van der Waals surface area contributed by atoms with E-state index in [1.54, 1.807) is 0 Å². The van der Waals surface area contributed by atoms with Crippen LogP contribution in [-0.4, -0.2) is 10.9 Å². The van der Waals surface area contributed by atoms with Crippen molar-refractivity contribution in [2.45, 2.75) is 40.0 Å². The number of benzene rings is 1. The molecule has 0 atom stereocenters. The molecule has 3 rings (SSSR count). The molecule has 110 valence electrons. The van der Waals surface area contributed by atoms with Crippen LogP contribution in [0.4, 0.5) is 5.69 Å². The highest BCUT2D eigenvalue weighted by Crippen LogP contribution is 2.28. The van der Waals surface area contributed by atoms with Crippen LogP contribution in [0.15, 0.2) is 23.0 Å². The molecule has 0 fully saturated rings. The zero-order chi connectivity index (χ0) is 15.2. The second kappa shape index (κ2) is 4.72. The Balaban J connectivity index is 2.04. The van der Waals surface area contributed by atoms with Crippen LogP contribution in [0.25, 0.3) is 10.9 Å². The monoisotopic (exact) mass is 284 g/mol. The fraction of sp³-hybridized carbons (Fsp3) is 0.412. The van der Waals surface area contributed by atoms with E-state index in [9.17, 15) is 9.59 Å². The van der Waals surface area contributed by atoms with Gasteiger partial charge in [0.25, 0.3) is 5.56 Å². The summed E-state index contributed by atoms with van der Waals surface area (Å²) in [6.07, 6.45) is 2.87. The van der Waals surface area contributed by atoms with Crippen molar-refractivity contribution >= 4 is 22.5 Å². The fourth-order valence-electron chi connectivity index (χ4n) is 2.80. The number of amides is 1. The molecule has 0 bridgehead atoms. The quantitative estimate of drug-likeness (QED) is 0.845. The molecule has 4 heteroatoms.